The van der Waals surface area contributed by atoms with Crippen LogP contribution in [0.25, 0.3) is 0 Å². The maximum absolute atomic E-state index is 12.6. The Morgan fingerprint density at radius 1 is 1.39 bits per heavy atom. The number of carboxylic acids is 1. The number of thiazole rings is 1. The first-order chi connectivity index (χ1) is 10.8. The van der Waals surface area contributed by atoms with Crippen LogP contribution in [0.15, 0.2) is 40.7 Å². The van der Waals surface area contributed by atoms with Gasteiger partial charge in [-0.05, 0) is 30.5 Å². The van der Waals surface area contributed by atoms with Crippen molar-refractivity contribution in [2.75, 3.05) is 0 Å². The lowest BCUT2D eigenvalue weighted by atomic mass is 10.1. The molecule has 0 saturated carbocycles. The van der Waals surface area contributed by atoms with Gasteiger partial charge in [-0.1, -0.05) is 19.9 Å². The summed E-state index contributed by atoms with van der Waals surface area (Å²) in [5, 5.41) is 11.5. The van der Waals surface area contributed by atoms with E-state index >= 15 is 0 Å². The molecule has 1 heterocycles. The number of nitrogens with zero attached hydrogens (tertiary/aromatic N) is 1. The SMILES string of the molecule is CC(C)CC(NS(=O)(=O)c1cccc(C(=O)O)c1)c1nccs1. The number of hydrogen-bond donors (Lipinski definition) is 2. The third-order valence-electron chi connectivity index (χ3n) is 3.15. The molecule has 0 spiro atoms. The summed E-state index contributed by atoms with van der Waals surface area (Å²) in [5.41, 5.74) is -0.0671. The van der Waals surface area contributed by atoms with Gasteiger partial charge in [0.1, 0.15) is 5.01 Å². The highest BCUT2D eigenvalue weighted by Crippen LogP contribution is 2.25. The summed E-state index contributed by atoms with van der Waals surface area (Å²) in [7, 11) is -3.83. The number of aromatic nitrogens is 1. The van der Waals surface area contributed by atoms with Gasteiger partial charge in [0.15, 0.2) is 0 Å². The second-order valence-electron chi connectivity index (χ2n) is 5.51. The van der Waals surface area contributed by atoms with Gasteiger partial charge in [0.25, 0.3) is 0 Å². The van der Waals surface area contributed by atoms with Crippen LogP contribution in [-0.4, -0.2) is 24.5 Å². The fraction of sp³-hybridized carbons (Fsp3) is 0.333. The Bertz CT molecular complexity index is 771. The minimum Gasteiger partial charge on any atom is -0.478 e. The van der Waals surface area contributed by atoms with E-state index in [1.807, 2.05) is 13.8 Å². The lowest BCUT2D eigenvalue weighted by Gasteiger charge is -2.18. The monoisotopic (exact) mass is 354 g/mol. The Labute approximate surface area is 139 Å². The maximum Gasteiger partial charge on any atom is 0.335 e. The molecule has 124 valence electrons. The van der Waals surface area contributed by atoms with Gasteiger partial charge in [-0.2, -0.15) is 0 Å². The largest absolute Gasteiger partial charge is 0.478 e. The quantitative estimate of drug-likeness (QED) is 0.797. The van der Waals surface area contributed by atoms with Crippen molar-refractivity contribution in [1.29, 1.82) is 0 Å². The molecule has 8 heteroatoms. The number of carbonyl (C=O) groups is 1. The van der Waals surface area contributed by atoms with E-state index in [4.69, 9.17) is 5.11 Å². The van der Waals surface area contributed by atoms with Crippen LogP contribution < -0.4 is 4.72 Å². The van der Waals surface area contributed by atoms with Crippen molar-refractivity contribution in [2.24, 2.45) is 5.92 Å². The Balaban J connectivity index is 2.31. The van der Waals surface area contributed by atoms with E-state index in [0.29, 0.717) is 11.4 Å². The molecule has 0 aliphatic rings. The van der Waals surface area contributed by atoms with Crippen molar-refractivity contribution in [2.45, 2.75) is 31.2 Å². The van der Waals surface area contributed by atoms with Gasteiger partial charge in [-0.25, -0.2) is 22.9 Å². The van der Waals surface area contributed by atoms with Crippen molar-refractivity contribution in [1.82, 2.24) is 9.71 Å². The summed E-state index contributed by atoms with van der Waals surface area (Å²) in [6, 6.07) is 4.86. The second kappa shape index (κ2) is 7.20. The third-order valence-corrected chi connectivity index (χ3v) is 5.50. The average Bonchev–Trinajstić information content (AvgIpc) is 3.00. The molecule has 0 fully saturated rings. The van der Waals surface area contributed by atoms with Gasteiger partial charge < -0.3 is 5.11 Å². The van der Waals surface area contributed by atoms with Crippen molar-refractivity contribution < 1.29 is 18.3 Å². The van der Waals surface area contributed by atoms with Crippen LogP contribution in [0.2, 0.25) is 0 Å². The Kier molecular flexibility index (Phi) is 5.51. The van der Waals surface area contributed by atoms with Gasteiger partial charge in [-0.3, -0.25) is 0 Å². The lowest BCUT2D eigenvalue weighted by molar-refractivity contribution is 0.0696. The molecule has 0 saturated heterocycles. The first-order valence-corrected chi connectivity index (χ1v) is 9.41. The van der Waals surface area contributed by atoms with E-state index in [9.17, 15) is 13.2 Å². The van der Waals surface area contributed by atoms with Crippen LogP contribution in [0.5, 0.6) is 0 Å². The molecule has 6 nitrogen and oxygen atoms in total. The minimum atomic E-state index is -3.83. The summed E-state index contributed by atoms with van der Waals surface area (Å²) in [6.45, 7) is 4.00. The zero-order chi connectivity index (χ0) is 17.0. The number of sulfonamides is 1. The molecular formula is C15H18N2O4S2. The van der Waals surface area contributed by atoms with Crippen LogP contribution in [0.1, 0.15) is 41.7 Å². The predicted molar refractivity (Wildman–Crippen MR) is 88.0 cm³/mol. The molecule has 1 unspecified atom stereocenters. The molecule has 23 heavy (non-hydrogen) atoms. The zero-order valence-corrected chi connectivity index (χ0v) is 14.4. The van der Waals surface area contributed by atoms with Crippen molar-refractivity contribution in [3.05, 3.63) is 46.4 Å². The molecule has 2 aromatic rings. The number of benzene rings is 1. The van der Waals surface area contributed by atoms with Crippen LogP contribution in [-0.2, 0) is 10.0 Å². The molecular weight excluding hydrogens is 336 g/mol. The van der Waals surface area contributed by atoms with E-state index in [0.717, 1.165) is 6.07 Å². The third kappa shape index (κ3) is 4.60. The summed E-state index contributed by atoms with van der Waals surface area (Å²) in [6.07, 6.45) is 2.23. The van der Waals surface area contributed by atoms with E-state index in [-0.39, 0.29) is 16.4 Å². The molecule has 0 bridgehead atoms. The fourth-order valence-electron chi connectivity index (χ4n) is 2.13. The Morgan fingerprint density at radius 3 is 2.70 bits per heavy atom. The molecule has 0 aliphatic heterocycles. The molecule has 1 aromatic heterocycles. The first kappa shape index (κ1) is 17.6. The fourth-order valence-corrected chi connectivity index (χ4v) is 4.16. The molecule has 1 atom stereocenters. The van der Waals surface area contributed by atoms with E-state index in [1.165, 1.54) is 29.5 Å². The van der Waals surface area contributed by atoms with Gasteiger partial charge in [0, 0.05) is 11.6 Å². The van der Waals surface area contributed by atoms with Crippen molar-refractivity contribution >= 4 is 27.3 Å². The van der Waals surface area contributed by atoms with Crippen LogP contribution in [0, 0.1) is 5.92 Å². The van der Waals surface area contributed by atoms with Crippen molar-refractivity contribution in [3.63, 3.8) is 0 Å². The highest BCUT2D eigenvalue weighted by atomic mass is 32.2. The van der Waals surface area contributed by atoms with Crippen LogP contribution in [0.3, 0.4) is 0 Å². The van der Waals surface area contributed by atoms with Gasteiger partial charge in [-0.15, -0.1) is 11.3 Å². The average molecular weight is 354 g/mol. The highest BCUT2D eigenvalue weighted by molar-refractivity contribution is 7.89. The normalized spacial score (nSPS) is 13.2. The predicted octanol–water partition coefficient (Wildman–Crippen LogP) is 2.91. The summed E-state index contributed by atoms with van der Waals surface area (Å²) < 4.78 is 27.8. The van der Waals surface area contributed by atoms with Gasteiger partial charge >= 0.3 is 5.97 Å². The number of nitrogens with one attached hydrogen (secondary N) is 1. The van der Waals surface area contributed by atoms with Crippen molar-refractivity contribution in [3.8, 4) is 0 Å². The van der Waals surface area contributed by atoms with E-state index in [1.54, 1.807) is 11.6 Å². The maximum atomic E-state index is 12.6. The molecule has 0 radical (unpaired) electrons. The van der Waals surface area contributed by atoms with E-state index in [2.05, 4.69) is 9.71 Å². The standard InChI is InChI=1S/C15H18N2O4S2/c1-10(2)8-13(14-16-6-7-22-14)17-23(20,21)12-5-3-4-11(9-12)15(18)19/h3-7,9-10,13,17H,8H2,1-2H3,(H,18,19). The Morgan fingerprint density at radius 2 is 2.13 bits per heavy atom. The van der Waals surface area contributed by atoms with E-state index < -0.39 is 22.0 Å². The summed E-state index contributed by atoms with van der Waals surface area (Å²) >= 11 is 1.38. The number of carboxylic acid groups (broad SMARTS) is 1. The topological polar surface area (TPSA) is 96.4 Å². The smallest absolute Gasteiger partial charge is 0.335 e. The van der Waals surface area contributed by atoms with Gasteiger partial charge in [0.05, 0.1) is 16.5 Å². The molecule has 2 rings (SSSR count). The number of hydrogen-bond acceptors (Lipinski definition) is 5. The van der Waals surface area contributed by atoms with Crippen LogP contribution in [0.4, 0.5) is 0 Å². The second-order valence-corrected chi connectivity index (χ2v) is 8.15. The highest BCUT2D eigenvalue weighted by Gasteiger charge is 2.24. The molecule has 0 aliphatic carbocycles. The first-order valence-electron chi connectivity index (χ1n) is 7.04. The molecule has 0 amide bonds. The molecule has 2 N–H and O–H groups in total. The zero-order valence-electron chi connectivity index (χ0n) is 12.8. The minimum absolute atomic E-state index is 0.0669. The molecule has 1 aromatic carbocycles. The summed E-state index contributed by atoms with van der Waals surface area (Å²) in [4.78, 5) is 15.1. The Hall–Kier alpha value is -1.77. The summed E-state index contributed by atoms with van der Waals surface area (Å²) in [5.74, 6) is -0.891. The van der Waals surface area contributed by atoms with Gasteiger partial charge in [0.2, 0.25) is 10.0 Å². The number of rotatable bonds is 7. The lowest BCUT2D eigenvalue weighted by Crippen LogP contribution is -2.29. The number of aromatic carboxylic acids is 1. The van der Waals surface area contributed by atoms with Crippen LogP contribution >= 0.6 is 11.3 Å².